The summed E-state index contributed by atoms with van der Waals surface area (Å²) in [5.74, 6) is 2.17. The predicted octanol–water partition coefficient (Wildman–Crippen LogP) is 5.50. The van der Waals surface area contributed by atoms with E-state index < -0.39 is 0 Å². The lowest BCUT2D eigenvalue weighted by molar-refractivity contribution is 0.333. The molecule has 2 heteroatoms. The molecule has 0 radical (unpaired) electrons. The van der Waals surface area contributed by atoms with Crippen molar-refractivity contribution in [1.82, 2.24) is 0 Å². The number of rotatable bonds is 5. The molecular weight excluding hydrogens is 280 g/mol. The van der Waals surface area contributed by atoms with Crippen LogP contribution >= 0.6 is 27.7 Å². The van der Waals surface area contributed by atoms with E-state index in [4.69, 9.17) is 0 Å². The van der Waals surface area contributed by atoms with Gasteiger partial charge in [-0.2, -0.15) is 11.8 Å². The highest BCUT2D eigenvalue weighted by Gasteiger charge is 2.30. The van der Waals surface area contributed by atoms with Crippen LogP contribution in [-0.4, -0.2) is 16.3 Å². The summed E-state index contributed by atoms with van der Waals surface area (Å²) in [5, 5.41) is 2.01. The van der Waals surface area contributed by atoms with Gasteiger partial charge in [0.25, 0.3) is 0 Å². The Kier molecular flexibility index (Phi) is 6.80. The van der Waals surface area contributed by atoms with Crippen molar-refractivity contribution in [3.63, 3.8) is 0 Å². The van der Waals surface area contributed by atoms with Crippen molar-refractivity contribution in [2.45, 2.75) is 64.5 Å². The molecule has 1 rings (SSSR count). The third-order valence-corrected chi connectivity index (χ3v) is 7.08. The molecule has 16 heavy (non-hydrogen) atoms. The van der Waals surface area contributed by atoms with E-state index in [1.165, 1.54) is 49.6 Å². The van der Waals surface area contributed by atoms with Gasteiger partial charge in [-0.05, 0) is 29.9 Å². The maximum absolute atomic E-state index is 3.78. The second kappa shape index (κ2) is 7.31. The van der Waals surface area contributed by atoms with E-state index in [1.807, 2.05) is 0 Å². The molecule has 1 atom stereocenters. The molecule has 0 aromatic carbocycles. The molecule has 1 aliphatic carbocycles. The van der Waals surface area contributed by atoms with Gasteiger partial charge < -0.3 is 0 Å². The molecule has 0 aliphatic heterocycles. The van der Waals surface area contributed by atoms with Crippen LogP contribution in [0.15, 0.2) is 0 Å². The lowest BCUT2D eigenvalue weighted by atomic mass is 9.85. The fourth-order valence-electron chi connectivity index (χ4n) is 2.30. The van der Waals surface area contributed by atoms with Crippen molar-refractivity contribution < 1.29 is 0 Å². The molecule has 0 spiro atoms. The van der Waals surface area contributed by atoms with Crippen LogP contribution in [0.3, 0.4) is 0 Å². The molecule has 0 nitrogen and oxygen atoms in total. The summed E-state index contributed by atoms with van der Waals surface area (Å²) in [6.07, 6.45) is 8.69. The van der Waals surface area contributed by atoms with Crippen LogP contribution in [0.1, 0.15) is 59.3 Å². The van der Waals surface area contributed by atoms with Crippen LogP contribution in [0.5, 0.6) is 0 Å². The topological polar surface area (TPSA) is 0 Å². The summed E-state index contributed by atoms with van der Waals surface area (Å²) in [7, 11) is 0. The molecule has 1 aliphatic rings. The first-order chi connectivity index (χ1) is 7.59. The molecule has 0 saturated heterocycles. The van der Waals surface area contributed by atoms with Crippen molar-refractivity contribution in [1.29, 1.82) is 0 Å². The maximum Gasteiger partial charge on any atom is 0.00958 e. The van der Waals surface area contributed by atoms with Crippen LogP contribution in [0.4, 0.5) is 0 Å². The number of thioether (sulfide) groups is 1. The number of hydrogen-bond donors (Lipinski definition) is 0. The van der Waals surface area contributed by atoms with Crippen molar-refractivity contribution in [3.8, 4) is 0 Å². The monoisotopic (exact) mass is 306 g/mol. The Hall–Kier alpha value is 0.830. The summed E-state index contributed by atoms with van der Waals surface area (Å²) in [4.78, 5) is 0. The molecule has 1 fully saturated rings. The van der Waals surface area contributed by atoms with E-state index in [-0.39, 0.29) is 0 Å². The molecule has 0 bridgehead atoms. The van der Waals surface area contributed by atoms with Crippen LogP contribution in [-0.2, 0) is 0 Å². The Morgan fingerprint density at radius 3 is 2.06 bits per heavy atom. The van der Waals surface area contributed by atoms with Gasteiger partial charge in [-0.1, -0.05) is 62.4 Å². The third-order valence-electron chi connectivity index (χ3n) is 4.04. The van der Waals surface area contributed by atoms with Gasteiger partial charge in [0.05, 0.1) is 0 Å². The normalized spacial score (nSPS) is 23.1. The Morgan fingerprint density at radius 2 is 1.62 bits per heavy atom. The number of hydrogen-bond acceptors (Lipinski definition) is 1. The van der Waals surface area contributed by atoms with Gasteiger partial charge in [0.1, 0.15) is 0 Å². The zero-order valence-electron chi connectivity index (χ0n) is 11.1. The van der Waals surface area contributed by atoms with Gasteiger partial charge in [0.2, 0.25) is 0 Å². The minimum absolute atomic E-state index is 0.602. The van der Waals surface area contributed by atoms with E-state index in [9.17, 15) is 0 Å². The number of alkyl halides is 1. The number of halogens is 1. The molecule has 0 amide bonds. The first-order valence-electron chi connectivity index (χ1n) is 6.77. The van der Waals surface area contributed by atoms with Crippen molar-refractivity contribution in [3.05, 3.63) is 0 Å². The second-order valence-corrected chi connectivity index (χ2v) is 7.73. The van der Waals surface area contributed by atoms with E-state index in [2.05, 4.69) is 48.5 Å². The van der Waals surface area contributed by atoms with E-state index in [0.717, 1.165) is 11.2 Å². The zero-order chi connectivity index (χ0) is 12.0. The highest BCUT2D eigenvalue weighted by molar-refractivity contribution is 9.09. The van der Waals surface area contributed by atoms with Gasteiger partial charge in [-0.3, -0.25) is 0 Å². The van der Waals surface area contributed by atoms with Gasteiger partial charge >= 0.3 is 0 Å². The van der Waals surface area contributed by atoms with Crippen LogP contribution in [0.2, 0.25) is 0 Å². The minimum Gasteiger partial charge on any atom is -0.158 e. The fraction of sp³-hybridized carbons (Fsp3) is 1.00. The maximum atomic E-state index is 3.78. The second-order valence-electron chi connectivity index (χ2n) is 5.81. The SMILES string of the molecule is CC(C)C(C)SCC1(CBr)CCCCCC1. The van der Waals surface area contributed by atoms with Crippen LogP contribution in [0, 0.1) is 11.3 Å². The molecular formula is C14H27BrS. The molecule has 1 unspecified atom stereocenters. The Balaban J connectivity index is 2.45. The van der Waals surface area contributed by atoms with Gasteiger partial charge in [-0.15, -0.1) is 0 Å². The van der Waals surface area contributed by atoms with Crippen molar-refractivity contribution in [2.75, 3.05) is 11.1 Å². The quantitative estimate of drug-likeness (QED) is 0.477. The lowest BCUT2D eigenvalue weighted by Crippen LogP contribution is -2.26. The molecule has 0 heterocycles. The molecule has 0 N–H and O–H groups in total. The highest BCUT2D eigenvalue weighted by atomic mass is 79.9. The molecule has 0 aromatic heterocycles. The summed E-state index contributed by atoms with van der Waals surface area (Å²) in [6, 6.07) is 0. The van der Waals surface area contributed by atoms with Gasteiger partial charge in [-0.25, -0.2) is 0 Å². The highest BCUT2D eigenvalue weighted by Crippen LogP contribution is 2.40. The molecule has 1 saturated carbocycles. The largest absolute Gasteiger partial charge is 0.158 e. The van der Waals surface area contributed by atoms with E-state index in [1.54, 1.807) is 0 Å². The van der Waals surface area contributed by atoms with Gasteiger partial charge in [0, 0.05) is 10.6 Å². The fourth-order valence-corrected chi connectivity index (χ4v) is 4.71. The molecule has 0 aromatic rings. The summed E-state index contributed by atoms with van der Waals surface area (Å²) in [6.45, 7) is 7.06. The van der Waals surface area contributed by atoms with E-state index in [0.29, 0.717) is 5.41 Å². The Morgan fingerprint density at radius 1 is 1.06 bits per heavy atom. The van der Waals surface area contributed by atoms with E-state index >= 15 is 0 Å². The summed E-state index contributed by atoms with van der Waals surface area (Å²) >= 11 is 5.97. The third kappa shape index (κ3) is 4.60. The van der Waals surface area contributed by atoms with Crippen molar-refractivity contribution in [2.24, 2.45) is 11.3 Å². The Labute approximate surface area is 114 Å². The Bertz CT molecular complexity index is 183. The first kappa shape index (κ1) is 14.9. The van der Waals surface area contributed by atoms with Crippen LogP contribution in [0.25, 0.3) is 0 Å². The predicted molar refractivity (Wildman–Crippen MR) is 80.7 cm³/mol. The minimum atomic E-state index is 0.602. The van der Waals surface area contributed by atoms with Gasteiger partial charge in [0.15, 0.2) is 0 Å². The lowest BCUT2D eigenvalue weighted by Gasteiger charge is -2.32. The van der Waals surface area contributed by atoms with Crippen molar-refractivity contribution >= 4 is 27.7 Å². The van der Waals surface area contributed by atoms with Crippen LogP contribution < -0.4 is 0 Å². The summed E-state index contributed by atoms with van der Waals surface area (Å²) in [5.41, 5.74) is 0.602. The summed E-state index contributed by atoms with van der Waals surface area (Å²) < 4.78 is 0. The average Bonchev–Trinajstić information content (AvgIpc) is 2.52. The first-order valence-corrected chi connectivity index (χ1v) is 8.94. The standard InChI is InChI=1S/C14H27BrS/c1-12(2)13(3)16-11-14(10-15)8-6-4-5-7-9-14/h12-13H,4-11H2,1-3H3. The average molecular weight is 307 g/mol. The zero-order valence-corrected chi connectivity index (χ0v) is 13.5. The smallest absolute Gasteiger partial charge is 0.00958 e. The molecule has 96 valence electrons.